The fourth-order valence-corrected chi connectivity index (χ4v) is 4.55. The molecule has 2 atom stereocenters. The molecule has 0 bridgehead atoms. The first-order valence-corrected chi connectivity index (χ1v) is 11.2. The van der Waals surface area contributed by atoms with Crippen LogP contribution < -0.4 is 15.6 Å². The van der Waals surface area contributed by atoms with Gasteiger partial charge in [-0.25, -0.2) is 4.98 Å². The van der Waals surface area contributed by atoms with Gasteiger partial charge >= 0.3 is 5.97 Å². The number of ether oxygens (including phenoxy) is 2. The third-order valence-electron chi connectivity index (χ3n) is 5.92. The van der Waals surface area contributed by atoms with E-state index in [1.807, 2.05) is 31.2 Å². The number of fused-ring (bicyclic) bond motifs is 1. The second kappa shape index (κ2) is 9.27. The highest BCUT2D eigenvalue weighted by molar-refractivity contribution is 6.33. The fourth-order valence-electron chi connectivity index (χ4n) is 4.30. The number of hydrogen-bond donors (Lipinski definition) is 1. The van der Waals surface area contributed by atoms with Crippen LogP contribution >= 0.6 is 11.6 Å². The number of aryl methyl sites for hydroxylation is 1. The predicted octanol–water partition coefficient (Wildman–Crippen LogP) is 4.31. The Labute approximate surface area is 197 Å². The van der Waals surface area contributed by atoms with Crippen molar-refractivity contribution < 1.29 is 14.3 Å². The normalized spacial score (nSPS) is 16.9. The van der Waals surface area contributed by atoms with Crippen LogP contribution in [0.4, 0.5) is 5.69 Å². The van der Waals surface area contributed by atoms with E-state index < -0.39 is 6.10 Å². The monoisotopic (exact) mass is 467 g/mol. The van der Waals surface area contributed by atoms with Crippen LogP contribution in [0, 0.1) is 0 Å². The molecule has 0 saturated carbocycles. The zero-order valence-corrected chi connectivity index (χ0v) is 19.8. The molecular weight excluding hydrogens is 442 g/mol. The molecule has 1 aliphatic rings. The van der Waals surface area contributed by atoms with Gasteiger partial charge in [0, 0.05) is 26.0 Å². The lowest BCUT2D eigenvalue weighted by Crippen LogP contribution is -2.32. The van der Waals surface area contributed by atoms with Gasteiger partial charge in [0.1, 0.15) is 23.4 Å². The number of methoxy groups -OCH3 is 1. The molecule has 2 aromatic carbocycles. The Balaban J connectivity index is 1.78. The van der Waals surface area contributed by atoms with Gasteiger partial charge in [0.15, 0.2) is 0 Å². The van der Waals surface area contributed by atoms with Gasteiger partial charge < -0.3 is 14.8 Å². The van der Waals surface area contributed by atoms with Crippen molar-refractivity contribution in [3.05, 3.63) is 74.7 Å². The van der Waals surface area contributed by atoms with E-state index in [1.165, 1.54) is 11.5 Å². The molecule has 3 aromatic rings. The summed E-state index contributed by atoms with van der Waals surface area (Å²) < 4.78 is 12.3. The molecule has 4 rings (SSSR count). The number of nitrogens with one attached hydrogen (secondary N) is 1. The van der Waals surface area contributed by atoms with Gasteiger partial charge in [-0.15, -0.1) is 0 Å². The highest BCUT2D eigenvalue weighted by Gasteiger charge is 2.35. The minimum absolute atomic E-state index is 0.227. The first-order chi connectivity index (χ1) is 15.8. The summed E-state index contributed by atoms with van der Waals surface area (Å²) in [5.41, 5.74) is 3.52. The summed E-state index contributed by atoms with van der Waals surface area (Å²) in [6.07, 6.45) is 0.707. The lowest BCUT2D eigenvalue weighted by Gasteiger charge is -2.24. The number of carbonyl (C=O) groups excluding carboxylic acids is 1. The van der Waals surface area contributed by atoms with Crippen molar-refractivity contribution in [2.75, 3.05) is 12.4 Å². The van der Waals surface area contributed by atoms with E-state index in [0.717, 1.165) is 11.1 Å². The zero-order chi connectivity index (χ0) is 23.7. The van der Waals surface area contributed by atoms with E-state index in [9.17, 15) is 9.59 Å². The standard InChI is InChI=1S/C25H26ClN3O4/c1-5-20-23(28-22-17-9-7-6-8-15(17)12-21(22)33-14(2)30)25(31)29(3)24(27-20)18-11-10-16(32-4)13-19(18)26/h6-11,13,21-22,28H,5,12H2,1-4H3/t21-,22?/m0/s1. The number of rotatable bonds is 6. The van der Waals surface area contributed by atoms with Crippen LogP contribution in [-0.4, -0.2) is 28.7 Å². The number of aromatic nitrogens is 2. The quantitative estimate of drug-likeness (QED) is 0.544. The van der Waals surface area contributed by atoms with E-state index >= 15 is 0 Å². The third-order valence-corrected chi connectivity index (χ3v) is 6.23. The smallest absolute Gasteiger partial charge is 0.302 e. The Kier molecular flexibility index (Phi) is 6.42. The third kappa shape index (κ3) is 4.33. The number of esters is 1. The lowest BCUT2D eigenvalue weighted by molar-refractivity contribution is -0.146. The molecule has 8 heteroatoms. The Morgan fingerprint density at radius 2 is 2.03 bits per heavy atom. The van der Waals surface area contributed by atoms with Crippen molar-refractivity contribution in [3.63, 3.8) is 0 Å². The number of halogens is 1. The van der Waals surface area contributed by atoms with Crippen molar-refractivity contribution in [2.45, 2.75) is 38.8 Å². The van der Waals surface area contributed by atoms with Crippen molar-refractivity contribution in [2.24, 2.45) is 7.05 Å². The van der Waals surface area contributed by atoms with Crippen molar-refractivity contribution in [1.29, 1.82) is 0 Å². The topological polar surface area (TPSA) is 82.5 Å². The van der Waals surface area contributed by atoms with E-state index in [1.54, 1.807) is 32.4 Å². The molecule has 7 nitrogen and oxygen atoms in total. The molecule has 1 aliphatic carbocycles. The first kappa shape index (κ1) is 22.9. The Hall–Kier alpha value is -3.32. The van der Waals surface area contributed by atoms with Gasteiger partial charge in [0.2, 0.25) is 0 Å². The number of benzene rings is 2. The summed E-state index contributed by atoms with van der Waals surface area (Å²) in [5.74, 6) is 0.739. The number of anilines is 1. The maximum Gasteiger partial charge on any atom is 0.302 e. The molecule has 1 aromatic heterocycles. The maximum absolute atomic E-state index is 13.5. The highest BCUT2D eigenvalue weighted by atomic mass is 35.5. The van der Waals surface area contributed by atoms with E-state index in [4.69, 9.17) is 26.1 Å². The molecule has 0 amide bonds. The van der Waals surface area contributed by atoms with Gasteiger partial charge in [0.05, 0.1) is 23.9 Å². The van der Waals surface area contributed by atoms with Crippen LogP contribution in [0.3, 0.4) is 0 Å². The Morgan fingerprint density at radius 3 is 2.70 bits per heavy atom. The fraction of sp³-hybridized carbons (Fsp3) is 0.320. The van der Waals surface area contributed by atoms with Crippen LogP contribution in [-0.2, 0) is 29.4 Å². The van der Waals surface area contributed by atoms with Gasteiger partial charge in [-0.1, -0.05) is 42.8 Å². The van der Waals surface area contributed by atoms with Crippen LogP contribution in [0.2, 0.25) is 5.02 Å². The van der Waals surface area contributed by atoms with Gasteiger partial charge in [-0.3, -0.25) is 14.2 Å². The molecule has 33 heavy (non-hydrogen) atoms. The van der Waals surface area contributed by atoms with Crippen molar-refractivity contribution in [1.82, 2.24) is 9.55 Å². The molecule has 1 unspecified atom stereocenters. The van der Waals surface area contributed by atoms with Gasteiger partial charge in [-0.05, 0) is 35.7 Å². The largest absolute Gasteiger partial charge is 0.497 e. The molecule has 1 N–H and O–H groups in total. The maximum atomic E-state index is 13.5. The minimum Gasteiger partial charge on any atom is -0.497 e. The van der Waals surface area contributed by atoms with Crippen LogP contribution in [0.15, 0.2) is 47.3 Å². The molecule has 0 saturated heterocycles. The molecule has 0 fully saturated rings. The second-order valence-corrected chi connectivity index (χ2v) is 8.40. The summed E-state index contributed by atoms with van der Waals surface area (Å²) in [4.78, 5) is 30.0. The number of hydrogen-bond acceptors (Lipinski definition) is 6. The van der Waals surface area contributed by atoms with Crippen LogP contribution in [0.5, 0.6) is 5.75 Å². The molecule has 1 heterocycles. The summed E-state index contributed by atoms with van der Waals surface area (Å²) in [5, 5.41) is 3.81. The molecule has 0 aliphatic heterocycles. The van der Waals surface area contributed by atoms with Crippen LogP contribution in [0.1, 0.15) is 36.7 Å². The molecule has 172 valence electrons. The first-order valence-electron chi connectivity index (χ1n) is 10.8. The Bertz CT molecular complexity index is 1270. The lowest BCUT2D eigenvalue weighted by atomic mass is 10.1. The summed E-state index contributed by atoms with van der Waals surface area (Å²) in [7, 11) is 3.24. The number of carbonyl (C=O) groups is 1. The van der Waals surface area contributed by atoms with Gasteiger partial charge in [-0.2, -0.15) is 0 Å². The van der Waals surface area contributed by atoms with E-state index in [0.29, 0.717) is 46.4 Å². The van der Waals surface area contributed by atoms with Crippen molar-refractivity contribution >= 4 is 23.3 Å². The predicted molar refractivity (Wildman–Crippen MR) is 128 cm³/mol. The van der Waals surface area contributed by atoms with Crippen molar-refractivity contribution in [3.8, 4) is 17.1 Å². The van der Waals surface area contributed by atoms with E-state index in [-0.39, 0.29) is 17.6 Å². The highest BCUT2D eigenvalue weighted by Crippen LogP contribution is 2.36. The SMILES string of the molecule is CCc1nc(-c2ccc(OC)cc2Cl)n(C)c(=O)c1NC1c2ccccc2C[C@@H]1OC(C)=O. The molecular formula is C25H26ClN3O4. The minimum atomic E-state index is -0.412. The second-order valence-electron chi connectivity index (χ2n) is 7.99. The zero-order valence-electron chi connectivity index (χ0n) is 19.0. The number of nitrogens with zero attached hydrogens (tertiary/aromatic N) is 2. The summed E-state index contributed by atoms with van der Waals surface area (Å²) >= 11 is 6.46. The molecule has 0 spiro atoms. The van der Waals surface area contributed by atoms with E-state index in [2.05, 4.69) is 5.32 Å². The average Bonchev–Trinajstić information content (AvgIpc) is 3.13. The average molecular weight is 468 g/mol. The summed E-state index contributed by atoms with van der Waals surface area (Å²) in [6.45, 7) is 3.34. The van der Waals surface area contributed by atoms with Gasteiger partial charge in [0.25, 0.3) is 5.56 Å². The van der Waals surface area contributed by atoms with Crippen LogP contribution in [0.25, 0.3) is 11.4 Å². The molecule has 0 radical (unpaired) electrons. The summed E-state index contributed by atoms with van der Waals surface area (Å²) in [6, 6.07) is 12.8. The Morgan fingerprint density at radius 1 is 1.27 bits per heavy atom.